The molecule has 1 aliphatic heterocycles. The molecular weight excluding hydrogens is 208 g/mol. The van der Waals surface area contributed by atoms with E-state index in [0.717, 1.165) is 12.8 Å². The van der Waals surface area contributed by atoms with E-state index in [1.54, 1.807) is 0 Å². The highest BCUT2D eigenvalue weighted by Crippen LogP contribution is 2.10. The molecule has 1 amide bonds. The number of hydrogen-bond donors (Lipinski definition) is 3. The highest BCUT2D eigenvalue weighted by Gasteiger charge is 2.23. The Kier molecular flexibility index (Phi) is 4.56. The van der Waals surface area contributed by atoms with Gasteiger partial charge in [0, 0.05) is 18.6 Å². The van der Waals surface area contributed by atoms with Crippen LogP contribution in [0.15, 0.2) is 0 Å². The Bertz CT molecular complexity index is 230. The summed E-state index contributed by atoms with van der Waals surface area (Å²) in [5.41, 5.74) is -0.459. The Balaban J connectivity index is 2.26. The maximum absolute atomic E-state index is 11.5. The Morgan fingerprint density at radius 1 is 1.50 bits per heavy atom. The zero-order valence-corrected chi connectivity index (χ0v) is 10.2. The molecular formula is C11H22N2O3. The fourth-order valence-corrected chi connectivity index (χ4v) is 1.67. The Labute approximate surface area is 96.6 Å². The smallest absolute Gasteiger partial charge is 0.407 e. The number of nitrogens with one attached hydrogen (secondary N) is 2. The summed E-state index contributed by atoms with van der Waals surface area (Å²) in [5.74, 6) is 0. The molecule has 16 heavy (non-hydrogen) atoms. The molecule has 1 aliphatic rings. The van der Waals surface area contributed by atoms with Crippen molar-refractivity contribution in [3.8, 4) is 0 Å². The van der Waals surface area contributed by atoms with E-state index in [-0.39, 0.29) is 24.8 Å². The summed E-state index contributed by atoms with van der Waals surface area (Å²) in [4.78, 5) is 11.5. The molecule has 1 rings (SSSR count). The summed E-state index contributed by atoms with van der Waals surface area (Å²) >= 11 is 0. The number of carbonyl (C=O) groups is 1. The van der Waals surface area contributed by atoms with Gasteiger partial charge < -0.3 is 20.5 Å². The minimum atomic E-state index is -0.459. The Morgan fingerprint density at radius 2 is 2.19 bits per heavy atom. The lowest BCUT2D eigenvalue weighted by Crippen LogP contribution is -2.51. The lowest BCUT2D eigenvalue weighted by molar-refractivity contribution is 0.0490. The second-order valence-corrected chi connectivity index (χ2v) is 5.21. The van der Waals surface area contributed by atoms with Gasteiger partial charge in [0.2, 0.25) is 0 Å². The molecule has 0 radical (unpaired) electrons. The first-order valence-electron chi connectivity index (χ1n) is 5.74. The van der Waals surface area contributed by atoms with Crippen molar-refractivity contribution in [3.63, 3.8) is 0 Å². The summed E-state index contributed by atoms with van der Waals surface area (Å²) in [6.45, 7) is 6.36. The molecule has 0 unspecified atom stereocenters. The van der Waals surface area contributed by atoms with Crippen molar-refractivity contribution in [2.24, 2.45) is 0 Å². The molecule has 3 N–H and O–H groups in total. The van der Waals surface area contributed by atoms with Crippen LogP contribution in [0, 0.1) is 0 Å². The molecule has 1 heterocycles. The van der Waals surface area contributed by atoms with Crippen molar-refractivity contribution < 1.29 is 14.6 Å². The van der Waals surface area contributed by atoms with Gasteiger partial charge in [-0.3, -0.25) is 0 Å². The van der Waals surface area contributed by atoms with Gasteiger partial charge in [0.1, 0.15) is 5.60 Å². The van der Waals surface area contributed by atoms with Gasteiger partial charge in [0.15, 0.2) is 0 Å². The average Bonchev–Trinajstić information content (AvgIpc) is 2.16. The van der Waals surface area contributed by atoms with Gasteiger partial charge in [0.05, 0.1) is 6.61 Å². The predicted octanol–water partition coefficient (Wildman–Crippen LogP) is 0.624. The minimum Gasteiger partial charge on any atom is -0.444 e. The first-order valence-corrected chi connectivity index (χ1v) is 5.74. The second kappa shape index (κ2) is 5.50. The molecule has 0 aromatic carbocycles. The third-order valence-corrected chi connectivity index (χ3v) is 2.46. The molecule has 1 saturated heterocycles. The van der Waals surface area contributed by atoms with Gasteiger partial charge >= 0.3 is 6.09 Å². The molecule has 5 heteroatoms. The third-order valence-electron chi connectivity index (χ3n) is 2.46. The molecule has 2 atom stereocenters. The summed E-state index contributed by atoms with van der Waals surface area (Å²) in [6, 6.07) is 0.259. The molecule has 0 saturated carbocycles. The van der Waals surface area contributed by atoms with Crippen molar-refractivity contribution in [1.82, 2.24) is 10.6 Å². The second-order valence-electron chi connectivity index (χ2n) is 5.21. The first kappa shape index (κ1) is 13.3. The number of aliphatic hydroxyl groups excluding tert-OH is 1. The molecule has 5 nitrogen and oxygen atoms in total. The summed E-state index contributed by atoms with van der Waals surface area (Å²) in [7, 11) is 0. The van der Waals surface area contributed by atoms with Crippen LogP contribution in [0.2, 0.25) is 0 Å². The van der Waals surface area contributed by atoms with Gasteiger partial charge in [0.25, 0.3) is 0 Å². The Hall–Kier alpha value is -0.810. The van der Waals surface area contributed by atoms with E-state index >= 15 is 0 Å². The van der Waals surface area contributed by atoms with Crippen LogP contribution < -0.4 is 10.6 Å². The van der Waals surface area contributed by atoms with E-state index in [0.29, 0.717) is 6.54 Å². The van der Waals surface area contributed by atoms with Crippen molar-refractivity contribution in [2.75, 3.05) is 13.2 Å². The van der Waals surface area contributed by atoms with Crippen LogP contribution in [0.5, 0.6) is 0 Å². The molecule has 1 fully saturated rings. The minimum absolute atomic E-state index is 0.0950. The van der Waals surface area contributed by atoms with Crippen molar-refractivity contribution in [1.29, 1.82) is 0 Å². The number of rotatable bonds is 2. The number of alkyl carbamates (subject to hydrolysis) is 1. The summed E-state index contributed by atoms with van der Waals surface area (Å²) in [5, 5.41) is 14.9. The summed E-state index contributed by atoms with van der Waals surface area (Å²) < 4.78 is 5.17. The van der Waals surface area contributed by atoms with Gasteiger partial charge in [-0.15, -0.1) is 0 Å². The largest absolute Gasteiger partial charge is 0.444 e. The topological polar surface area (TPSA) is 70.6 Å². The maximum Gasteiger partial charge on any atom is 0.407 e. The third kappa shape index (κ3) is 4.81. The number of carbonyl (C=O) groups excluding carboxylic acids is 1. The van der Waals surface area contributed by atoms with Gasteiger partial charge in [-0.05, 0) is 33.6 Å². The first-order chi connectivity index (χ1) is 7.40. The quantitative estimate of drug-likeness (QED) is 0.650. The van der Waals surface area contributed by atoms with Crippen LogP contribution >= 0.6 is 0 Å². The zero-order valence-electron chi connectivity index (χ0n) is 10.2. The Morgan fingerprint density at radius 3 is 2.62 bits per heavy atom. The van der Waals surface area contributed by atoms with Crippen LogP contribution in [0.4, 0.5) is 4.79 Å². The highest BCUT2D eigenvalue weighted by molar-refractivity contribution is 5.68. The molecule has 0 spiro atoms. The van der Waals surface area contributed by atoms with Crippen molar-refractivity contribution >= 4 is 6.09 Å². The standard InChI is InChI=1S/C11H22N2O3/c1-11(2,3)16-10(15)13-8-4-5-9(7-14)12-6-8/h8-9,12,14H,4-7H2,1-3H3,(H,13,15)/t8-,9+/m0/s1. The normalized spacial score (nSPS) is 26.2. The van der Waals surface area contributed by atoms with Crippen molar-refractivity contribution in [2.45, 2.75) is 51.3 Å². The van der Waals surface area contributed by atoms with Gasteiger partial charge in [-0.25, -0.2) is 4.79 Å². The molecule has 0 aromatic heterocycles. The monoisotopic (exact) mass is 230 g/mol. The van der Waals surface area contributed by atoms with E-state index in [1.807, 2.05) is 20.8 Å². The van der Waals surface area contributed by atoms with E-state index in [2.05, 4.69) is 10.6 Å². The van der Waals surface area contributed by atoms with Crippen LogP contribution in [-0.4, -0.2) is 42.0 Å². The van der Waals surface area contributed by atoms with Crippen LogP contribution in [-0.2, 0) is 4.74 Å². The van der Waals surface area contributed by atoms with E-state index in [9.17, 15) is 4.79 Å². The maximum atomic E-state index is 11.5. The van der Waals surface area contributed by atoms with Crippen LogP contribution in [0.25, 0.3) is 0 Å². The molecule has 0 aliphatic carbocycles. The van der Waals surface area contributed by atoms with Crippen LogP contribution in [0.1, 0.15) is 33.6 Å². The predicted molar refractivity (Wildman–Crippen MR) is 61.3 cm³/mol. The fourth-order valence-electron chi connectivity index (χ4n) is 1.67. The molecule has 0 bridgehead atoms. The highest BCUT2D eigenvalue weighted by atomic mass is 16.6. The van der Waals surface area contributed by atoms with Crippen molar-refractivity contribution in [3.05, 3.63) is 0 Å². The van der Waals surface area contributed by atoms with Gasteiger partial charge in [-0.2, -0.15) is 0 Å². The average molecular weight is 230 g/mol. The van der Waals surface area contributed by atoms with E-state index < -0.39 is 5.60 Å². The number of piperidine rings is 1. The summed E-state index contributed by atoms with van der Waals surface area (Å²) in [6.07, 6.45) is 1.37. The number of amides is 1. The fraction of sp³-hybridized carbons (Fsp3) is 0.909. The zero-order chi connectivity index (χ0) is 12.2. The lowest BCUT2D eigenvalue weighted by Gasteiger charge is -2.30. The van der Waals surface area contributed by atoms with Gasteiger partial charge in [-0.1, -0.05) is 0 Å². The SMILES string of the molecule is CC(C)(C)OC(=O)N[C@H]1CC[C@H](CO)NC1. The molecule has 94 valence electrons. The number of hydrogen-bond acceptors (Lipinski definition) is 4. The van der Waals surface area contributed by atoms with E-state index in [4.69, 9.17) is 9.84 Å². The van der Waals surface area contributed by atoms with Crippen LogP contribution in [0.3, 0.4) is 0 Å². The lowest BCUT2D eigenvalue weighted by atomic mass is 10.0. The molecule has 0 aromatic rings. The number of ether oxygens (including phenoxy) is 1. The van der Waals surface area contributed by atoms with E-state index in [1.165, 1.54) is 0 Å². The number of aliphatic hydroxyl groups is 1.